The van der Waals surface area contributed by atoms with E-state index in [1.807, 2.05) is 22.9 Å². The van der Waals surface area contributed by atoms with E-state index in [0.29, 0.717) is 29.1 Å². The van der Waals surface area contributed by atoms with Crippen LogP contribution in [0.1, 0.15) is 31.2 Å². The second-order valence-corrected chi connectivity index (χ2v) is 8.82. The Morgan fingerprint density at radius 2 is 1.93 bits per heavy atom. The Morgan fingerprint density at radius 1 is 1.17 bits per heavy atom. The minimum absolute atomic E-state index is 0.102. The van der Waals surface area contributed by atoms with Crippen molar-refractivity contribution in [3.8, 4) is 0 Å². The van der Waals surface area contributed by atoms with E-state index in [1.54, 1.807) is 4.90 Å². The van der Waals surface area contributed by atoms with Gasteiger partial charge in [-0.05, 0) is 37.2 Å². The average molecular weight is 414 g/mol. The van der Waals surface area contributed by atoms with Gasteiger partial charge in [0.15, 0.2) is 0 Å². The number of likely N-dealkylation sites (N-methyl/N-ethyl adjacent to an activating group) is 1. The lowest BCUT2D eigenvalue weighted by Gasteiger charge is -2.33. The van der Waals surface area contributed by atoms with E-state index in [9.17, 15) is 9.59 Å². The van der Waals surface area contributed by atoms with Crippen molar-refractivity contribution in [3.05, 3.63) is 35.9 Å². The van der Waals surface area contributed by atoms with Crippen LogP contribution >= 0.6 is 11.3 Å². The highest BCUT2D eigenvalue weighted by molar-refractivity contribution is 7.19. The van der Waals surface area contributed by atoms with Gasteiger partial charge in [-0.25, -0.2) is 0 Å². The van der Waals surface area contributed by atoms with Crippen LogP contribution in [0.25, 0.3) is 0 Å². The number of aromatic nitrogens is 2. The number of rotatable bonds is 6. The first kappa shape index (κ1) is 19.8. The van der Waals surface area contributed by atoms with E-state index in [0.717, 1.165) is 38.8 Å². The molecule has 7 nitrogen and oxygen atoms in total. The molecule has 0 unspecified atom stereocenters. The van der Waals surface area contributed by atoms with Gasteiger partial charge in [-0.1, -0.05) is 41.7 Å². The van der Waals surface area contributed by atoms with Crippen LogP contribution in [0.4, 0.5) is 10.3 Å². The number of benzene rings is 1. The maximum Gasteiger partial charge on any atom is 0.242 e. The second-order valence-electron chi connectivity index (χ2n) is 7.89. The van der Waals surface area contributed by atoms with Gasteiger partial charge < -0.3 is 9.80 Å². The predicted molar refractivity (Wildman–Crippen MR) is 114 cm³/mol. The molecule has 0 radical (unpaired) electrons. The van der Waals surface area contributed by atoms with E-state index in [4.69, 9.17) is 0 Å². The lowest BCUT2D eigenvalue weighted by Crippen LogP contribution is -2.43. The summed E-state index contributed by atoms with van der Waals surface area (Å²) in [4.78, 5) is 30.1. The summed E-state index contributed by atoms with van der Waals surface area (Å²) < 4.78 is 0. The van der Waals surface area contributed by atoms with Crippen LogP contribution in [0.15, 0.2) is 30.3 Å². The quantitative estimate of drug-likeness (QED) is 0.728. The van der Waals surface area contributed by atoms with Crippen molar-refractivity contribution in [2.75, 3.05) is 43.0 Å². The molecule has 4 rings (SSSR count). The van der Waals surface area contributed by atoms with Crippen LogP contribution in [-0.2, 0) is 16.0 Å². The molecular weight excluding hydrogens is 386 g/mol. The molecule has 0 spiro atoms. The van der Waals surface area contributed by atoms with Gasteiger partial charge in [0.1, 0.15) is 0 Å². The highest BCUT2D eigenvalue weighted by Gasteiger charge is 2.27. The van der Waals surface area contributed by atoms with Gasteiger partial charge in [-0.3, -0.25) is 14.5 Å². The van der Waals surface area contributed by atoms with Gasteiger partial charge in [0.25, 0.3) is 0 Å². The third-order valence-corrected chi connectivity index (χ3v) is 6.80. The molecule has 0 saturated carbocycles. The van der Waals surface area contributed by atoms with E-state index in [1.165, 1.54) is 16.9 Å². The standard InChI is InChI=1S/C21H27N5O2S/c1-24(20-22-23-21(29-20)26-11-5-8-18(26)27)15-19(28)25-12-9-17(10-13-25)14-16-6-3-2-4-7-16/h2-4,6-7,17H,5,8-15H2,1H3. The van der Waals surface area contributed by atoms with Crippen molar-refractivity contribution >= 4 is 33.4 Å². The fourth-order valence-corrected chi connectivity index (χ4v) is 4.88. The third kappa shape index (κ3) is 4.75. The zero-order valence-corrected chi connectivity index (χ0v) is 17.6. The minimum atomic E-state index is 0.102. The summed E-state index contributed by atoms with van der Waals surface area (Å²) in [5.74, 6) is 0.868. The smallest absolute Gasteiger partial charge is 0.242 e. The Hall–Kier alpha value is -2.48. The van der Waals surface area contributed by atoms with E-state index >= 15 is 0 Å². The van der Waals surface area contributed by atoms with Crippen LogP contribution in [0.3, 0.4) is 0 Å². The fraction of sp³-hybridized carbons (Fsp3) is 0.524. The van der Waals surface area contributed by atoms with Crippen LogP contribution in [-0.4, -0.2) is 60.1 Å². The normalized spacial score (nSPS) is 17.8. The Bertz CT molecular complexity index is 848. The van der Waals surface area contributed by atoms with Crippen LogP contribution in [0.5, 0.6) is 0 Å². The molecule has 0 bridgehead atoms. The number of amides is 2. The number of nitrogens with zero attached hydrogens (tertiary/aromatic N) is 5. The fourth-order valence-electron chi connectivity index (χ4n) is 4.03. The first-order chi connectivity index (χ1) is 14.1. The molecular formula is C21H27N5O2S. The van der Waals surface area contributed by atoms with Gasteiger partial charge in [-0.15, -0.1) is 10.2 Å². The first-order valence-electron chi connectivity index (χ1n) is 10.3. The predicted octanol–water partition coefficient (Wildman–Crippen LogP) is 2.58. The monoisotopic (exact) mass is 413 g/mol. The molecule has 8 heteroatoms. The molecule has 154 valence electrons. The van der Waals surface area contributed by atoms with E-state index in [-0.39, 0.29) is 18.4 Å². The summed E-state index contributed by atoms with van der Waals surface area (Å²) >= 11 is 1.37. The number of carbonyl (C=O) groups excluding carboxylic acids is 2. The summed E-state index contributed by atoms with van der Waals surface area (Å²) in [6, 6.07) is 10.6. The molecule has 0 N–H and O–H groups in total. The third-order valence-electron chi connectivity index (χ3n) is 5.74. The van der Waals surface area contributed by atoms with Gasteiger partial charge in [-0.2, -0.15) is 0 Å². The van der Waals surface area contributed by atoms with Crippen LogP contribution in [0, 0.1) is 5.92 Å². The van der Waals surface area contributed by atoms with Gasteiger partial charge in [0.2, 0.25) is 22.1 Å². The van der Waals surface area contributed by atoms with Crippen LogP contribution in [0.2, 0.25) is 0 Å². The van der Waals surface area contributed by atoms with Crippen molar-refractivity contribution in [3.63, 3.8) is 0 Å². The number of carbonyl (C=O) groups is 2. The largest absolute Gasteiger partial charge is 0.341 e. The molecule has 0 aliphatic carbocycles. The van der Waals surface area contributed by atoms with Gasteiger partial charge in [0.05, 0.1) is 6.54 Å². The van der Waals surface area contributed by atoms with Gasteiger partial charge >= 0.3 is 0 Å². The molecule has 1 aromatic heterocycles. The maximum atomic E-state index is 12.7. The Labute approximate surface area is 175 Å². The molecule has 3 heterocycles. The molecule has 1 aromatic carbocycles. The molecule has 0 atom stereocenters. The molecule has 2 aliphatic heterocycles. The highest BCUT2D eigenvalue weighted by Crippen LogP contribution is 2.29. The van der Waals surface area contributed by atoms with Crippen molar-refractivity contribution < 1.29 is 9.59 Å². The number of likely N-dealkylation sites (tertiary alicyclic amines) is 1. The summed E-state index contributed by atoms with van der Waals surface area (Å²) in [6.07, 6.45) is 4.62. The number of piperidine rings is 1. The van der Waals surface area contributed by atoms with Crippen molar-refractivity contribution in [2.45, 2.75) is 32.1 Å². The lowest BCUT2D eigenvalue weighted by atomic mass is 9.90. The number of hydrogen-bond acceptors (Lipinski definition) is 6. The summed E-state index contributed by atoms with van der Waals surface area (Å²) in [7, 11) is 1.86. The van der Waals surface area contributed by atoms with Crippen molar-refractivity contribution in [1.82, 2.24) is 15.1 Å². The van der Waals surface area contributed by atoms with Gasteiger partial charge in [0, 0.05) is 33.1 Å². The molecule has 2 aliphatic rings. The zero-order valence-electron chi connectivity index (χ0n) is 16.8. The number of hydrogen-bond donors (Lipinski definition) is 0. The summed E-state index contributed by atoms with van der Waals surface area (Å²) in [5.41, 5.74) is 1.38. The highest BCUT2D eigenvalue weighted by atomic mass is 32.1. The Kier molecular flexibility index (Phi) is 6.08. The molecule has 2 saturated heterocycles. The molecule has 2 fully saturated rings. The Balaban J connectivity index is 1.26. The Morgan fingerprint density at radius 3 is 2.62 bits per heavy atom. The zero-order chi connectivity index (χ0) is 20.2. The first-order valence-corrected chi connectivity index (χ1v) is 11.1. The van der Waals surface area contributed by atoms with E-state index in [2.05, 4.69) is 34.5 Å². The minimum Gasteiger partial charge on any atom is -0.341 e. The van der Waals surface area contributed by atoms with Crippen molar-refractivity contribution in [2.24, 2.45) is 5.92 Å². The van der Waals surface area contributed by atoms with Crippen molar-refractivity contribution in [1.29, 1.82) is 0 Å². The summed E-state index contributed by atoms with van der Waals surface area (Å²) in [5, 5.41) is 9.63. The molecule has 29 heavy (non-hydrogen) atoms. The SMILES string of the molecule is CN(CC(=O)N1CCC(Cc2ccccc2)CC1)c1nnc(N2CCCC2=O)s1. The maximum absolute atomic E-state index is 12.7. The summed E-state index contributed by atoms with van der Waals surface area (Å²) in [6.45, 7) is 2.61. The molecule has 2 aromatic rings. The average Bonchev–Trinajstić information content (AvgIpc) is 3.38. The number of anilines is 2. The van der Waals surface area contributed by atoms with Crippen LogP contribution < -0.4 is 9.80 Å². The second kappa shape index (κ2) is 8.90. The van der Waals surface area contributed by atoms with E-state index < -0.39 is 0 Å². The topological polar surface area (TPSA) is 69.6 Å². The lowest BCUT2D eigenvalue weighted by molar-refractivity contribution is -0.131. The molecule has 2 amide bonds.